The molecule has 1 heterocycles. The molecule has 1 aromatic rings. The molecule has 0 fully saturated rings. The van der Waals surface area contributed by atoms with Crippen LogP contribution < -0.4 is 4.90 Å². The zero-order valence-electron chi connectivity index (χ0n) is 8.98. The van der Waals surface area contributed by atoms with Gasteiger partial charge in [-0.1, -0.05) is 13.8 Å². The number of hydrogen-bond acceptors (Lipinski definition) is 4. The van der Waals surface area contributed by atoms with Gasteiger partial charge in [-0.05, 0) is 0 Å². The third-order valence-corrected chi connectivity index (χ3v) is 1.85. The van der Waals surface area contributed by atoms with E-state index in [-0.39, 0.29) is 11.7 Å². The molecule has 1 aromatic heterocycles. The quantitative estimate of drug-likeness (QED) is 0.680. The lowest BCUT2D eigenvalue weighted by Gasteiger charge is -2.09. The highest BCUT2D eigenvalue weighted by Gasteiger charge is 2.11. The Morgan fingerprint density at radius 2 is 1.79 bits per heavy atom. The van der Waals surface area contributed by atoms with Crippen LogP contribution >= 0.6 is 0 Å². The van der Waals surface area contributed by atoms with E-state index in [1.807, 2.05) is 27.9 Å². The van der Waals surface area contributed by atoms with Crippen LogP contribution in [0.1, 0.15) is 24.2 Å². The van der Waals surface area contributed by atoms with Crippen molar-refractivity contribution in [1.82, 2.24) is 9.97 Å². The number of carbonyl (C=O) groups is 1. The van der Waals surface area contributed by atoms with E-state index < -0.39 is 0 Å². The van der Waals surface area contributed by atoms with Gasteiger partial charge < -0.3 is 4.90 Å². The fourth-order valence-electron chi connectivity index (χ4n) is 1.01. The van der Waals surface area contributed by atoms with Gasteiger partial charge in [-0.3, -0.25) is 4.79 Å². The predicted molar refractivity (Wildman–Crippen MR) is 55.5 cm³/mol. The summed E-state index contributed by atoms with van der Waals surface area (Å²) in [5, 5.41) is 0. The molecule has 0 aliphatic carbocycles. The van der Waals surface area contributed by atoms with Crippen molar-refractivity contribution in [3.05, 3.63) is 18.0 Å². The van der Waals surface area contributed by atoms with Crippen molar-refractivity contribution in [1.29, 1.82) is 0 Å². The van der Waals surface area contributed by atoms with E-state index in [0.29, 0.717) is 11.5 Å². The van der Waals surface area contributed by atoms with Gasteiger partial charge in [-0.25, -0.2) is 9.97 Å². The Kier molecular flexibility index (Phi) is 3.17. The lowest BCUT2D eigenvalue weighted by atomic mass is 10.0. The highest BCUT2D eigenvalue weighted by molar-refractivity contribution is 5.96. The molecular weight excluding hydrogens is 178 g/mol. The third kappa shape index (κ3) is 2.28. The number of ketones is 1. The minimum absolute atomic E-state index is 0.0104. The molecule has 0 amide bonds. The van der Waals surface area contributed by atoms with Crippen molar-refractivity contribution in [2.45, 2.75) is 13.8 Å². The summed E-state index contributed by atoms with van der Waals surface area (Å²) in [6.45, 7) is 3.73. The monoisotopic (exact) mass is 193 g/mol. The summed E-state index contributed by atoms with van der Waals surface area (Å²) in [7, 11) is 3.72. The standard InChI is InChI=1S/C10H15N3O/c1-7(2)9(14)8-5-11-10(12-6-8)13(3)4/h5-7H,1-4H3. The maximum atomic E-state index is 11.5. The Balaban J connectivity index is 2.89. The molecule has 4 nitrogen and oxygen atoms in total. The van der Waals surface area contributed by atoms with E-state index >= 15 is 0 Å². The van der Waals surface area contributed by atoms with Crippen LogP contribution in [0, 0.1) is 5.92 Å². The van der Waals surface area contributed by atoms with Crippen LogP contribution in [0.4, 0.5) is 5.95 Å². The molecule has 76 valence electrons. The Bertz CT molecular complexity index is 317. The lowest BCUT2D eigenvalue weighted by molar-refractivity contribution is 0.0938. The molecule has 0 unspecified atom stereocenters. The van der Waals surface area contributed by atoms with E-state index in [1.54, 1.807) is 17.3 Å². The molecule has 1 rings (SSSR count). The normalized spacial score (nSPS) is 10.4. The van der Waals surface area contributed by atoms with Crippen LogP contribution in [0.5, 0.6) is 0 Å². The molecule has 0 N–H and O–H groups in total. The van der Waals surface area contributed by atoms with E-state index in [9.17, 15) is 4.79 Å². The van der Waals surface area contributed by atoms with E-state index in [4.69, 9.17) is 0 Å². The number of Topliss-reactive ketones (excluding diaryl/α,β-unsaturated/α-hetero) is 1. The van der Waals surface area contributed by atoms with Crippen LogP contribution in [0.25, 0.3) is 0 Å². The summed E-state index contributed by atoms with van der Waals surface area (Å²) in [5.41, 5.74) is 0.575. The largest absolute Gasteiger partial charge is 0.347 e. The summed E-state index contributed by atoms with van der Waals surface area (Å²) in [4.78, 5) is 21.5. The average molecular weight is 193 g/mol. The summed E-state index contributed by atoms with van der Waals surface area (Å²) >= 11 is 0. The van der Waals surface area contributed by atoms with E-state index in [1.165, 1.54) is 0 Å². The number of carbonyl (C=O) groups excluding carboxylic acids is 1. The molecule has 0 bridgehead atoms. The zero-order valence-corrected chi connectivity index (χ0v) is 8.98. The minimum atomic E-state index is -0.0104. The van der Waals surface area contributed by atoms with Crippen molar-refractivity contribution in [2.75, 3.05) is 19.0 Å². The molecular formula is C10H15N3O. The van der Waals surface area contributed by atoms with Crippen molar-refractivity contribution < 1.29 is 4.79 Å². The predicted octanol–water partition coefficient (Wildman–Crippen LogP) is 1.38. The number of aromatic nitrogens is 2. The maximum Gasteiger partial charge on any atom is 0.224 e. The molecule has 0 saturated heterocycles. The topological polar surface area (TPSA) is 46.1 Å². The van der Waals surface area contributed by atoms with Crippen LogP contribution in [0.3, 0.4) is 0 Å². The second kappa shape index (κ2) is 4.17. The smallest absolute Gasteiger partial charge is 0.224 e. The first kappa shape index (κ1) is 10.6. The number of rotatable bonds is 3. The molecule has 14 heavy (non-hydrogen) atoms. The van der Waals surface area contributed by atoms with E-state index in [0.717, 1.165) is 0 Å². The third-order valence-electron chi connectivity index (χ3n) is 1.85. The van der Waals surface area contributed by atoms with Crippen LogP contribution in [0.15, 0.2) is 12.4 Å². The molecule has 0 aliphatic heterocycles. The van der Waals surface area contributed by atoms with Crippen LogP contribution in [-0.2, 0) is 0 Å². The summed E-state index contributed by atoms with van der Waals surface area (Å²) < 4.78 is 0. The Hall–Kier alpha value is -1.45. The first-order valence-electron chi connectivity index (χ1n) is 4.56. The van der Waals surface area contributed by atoms with Gasteiger partial charge in [0.25, 0.3) is 0 Å². The second-order valence-corrected chi connectivity index (χ2v) is 3.69. The van der Waals surface area contributed by atoms with Gasteiger partial charge in [-0.2, -0.15) is 0 Å². The minimum Gasteiger partial charge on any atom is -0.347 e. The van der Waals surface area contributed by atoms with E-state index in [2.05, 4.69) is 9.97 Å². The fourth-order valence-corrected chi connectivity index (χ4v) is 1.01. The number of hydrogen-bond donors (Lipinski definition) is 0. The van der Waals surface area contributed by atoms with Crippen molar-refractivity contribution in [3.63, 3.8) is 0 Å². The fraction of sp³-hybridized carbons (Fsp3) is 0.500. The van der Waals surface area contributed by atoms with Gasteiger partial charge in [0.05, 0.1) is 5.56 Å². The first-order valence-corrected chi connectivity index (χ1v) is 4.56. The van der Waals surface area contributed by atoms with Gasteiger partial charge in [0.15, 0.2) is 5.78 Å². The SMILES string of the molecule is CC(C)C(=O)c1cnc(N(C)C)nc1. The molecule has 4 heteroatoms. The van der Waals surface area contributed by atoms with Crippen LogP contribution in [-0.4, -0.2) is 29.8 Å². The first-order chi connectivity index (χ1) is 6.52. The van der Waals surface area contributed by atoms with Gasteiger partial charge >= 0.3 is 0 Å². The molecule has 0 spiro atoms. The molecule has 0 saturated carbocycles. The number of nitrogens with zero attached hydrogens (tertiary/aromatic N) is 3. The molecule has 0 aromatic carbocycles. The van der Waals surface area contributed by atoms with Crippen molar-refractivity contribution >= 4 is 11.7 Å². The van der Waals surface area contributed by atoms with Gasteiger partial charge in [0, 0.05) is 32.4 Å². The van der Waals surface area contributed by atoms with Crippen LogP contribution in [0.2, 0.25) is 0 Å². The Labute approximate surface area is 84.0 Å². The Morgan fingerprint density at radius 3 is 2.14 bits per heavy atom. The van der Waals surface area contributed by atoms with Gasteiger partial charge in [0.2, 0.25) is 5.95 Å². The zero-order chi connectivity index (χ0) is 10.7. The van der Waals surface area contributed by atoms with Gasteiger partial charge in [0.1, 0.15) is 0 Å². The highest BCUT2D eigenvalue weighted by atomic mass is 16.1. The van der Waals surface area contributed by atoms with Gasteiger partial charge in [-0.15, -0.1) is 0 Å². The Morgan fingerprint density at radius 1 is 1.29 bits per heavy atom. The average Bonchev–Trinajstić information content (AvgIpc) is 2.16. The highest BCUT2D eigenvalue weighted by Crippen LogP contribution is 2.08. The number of anilines is 1. The molecule has 0 aliphatic rings. The summed E-state index contributed by atoms with van der Waals surface area (Å²) in [6.07, 6.45) is 3.15. The molecule has 0 radical (unpaired) electrons. The summed E-state index contributed by atoms with van der Waals surface area (Å²) in [5.74, 6) is 0.685. The molecule has 0 atom stereocenters. The lowest BCUT2D eigenvalue weighted by Crippen LogP contribution is -2.14. The second-order valence-electron chi connectivity index (χ2n) is 3.69. The van der Waals surface area contributed by atoms with Crippen molar-refractivity contribution in [3.8, 4) is 0 Å². The van der Waals surface area contributed by atoms with Crippen molar-refractivity contribution in [2.24, 2.45) is 5.92 Å². The maximum absolute atomic E-state index is 11.5. The summed E-state index contributed by atoms with van der Waals surface area (Å²) in [6, 6.07) is 0.